The molecular formula is C9H12O2. The molecule has 60 valence electrons. The van der Waals surface area contributed by atoms with Crippen LogP contribution in [0.1, 0.15) is 25.7 Å². The van der Waals surface area contributed by atoms with Crippen LogP contribution in [-0.4, -0.2) is 12.4 Å². The molecule has 0 N–H and O–H groups in total. The normalized spacial score (nSPS) is 23.8. The number of hydrogen-bond donors (Lipinski definition) is 0. The fraction of sp³-hybridized carbons (Fsp3) is 0.667. The molecule has 1 heterocycles. The van der Waals surface area contributed by atoms with Crippen LogP contribution >= 0.6 is 0 Å². The third-order valence-corrected chi connectivity index (χ3v) is 2.51. The van der Waals surface area contributed by atoms with E-state index < -0.39 is 0 Å². The lowest BCUT2D eigenvalue weighted by molar-refractivity contribution is -0.121. The van der Waals surface area contributed by atoms with Crippen molar-refractivity contribution in [1.29, 1.82) is 0 Å². The highest BCUT2D eigenvalue weighted by Gasteiger charge is 2.28. The fourth-order valence-corrected chi connectivity index (χ4v) is 1.50. The van der Waals surface area contributed by atoms with Crippen molar-refractivity contribution in [2.45, 2.75) is 25.7 Å². The molecule has 0 unspecified atom stereocenters. The molecule has 0 spiro atoms. The largest absolute Gasteiger partial charge is 0.500 e. The van der Waals surface area contributed by atoms with Crippen molar-refractivity contribution in [2.24, 2.45) is 5.92 Å². The summed E-state index contributed by atoms with van der Waals surface area (Å²) in [4.78, 5) is 11.5. The second-order valence-electron chi connectivity index (χ2n) is 3.26. The fourth-order valence-electron chi connectivity index (χ4n) is 1.50. The molecule has 0 bridgehead atoms. The van der Waals surface area contributed by atoms with Gasteiger partial charge in [-0.15, -0.1) is 0 Å². The van der Waals surface area contributed by atoms with Gasteiger partial charge >= 0.3 is 0 Å². The molecule has 0 aromatic heterocycles. The Bertz CT molecular complexity index is 202. The van der Waals surface area contributed by atoms with Crippen molar-refractivity contribution in [3.63, 3.8) is 0 Å². The second kappa shape index (κ2) is 2.68. The Morgan fingerprint density at radius 3 is 2.82 bits per heavy atom. The van der Waals surface area contributed by atoms with Gasteiger partial charge in [-0.3, -0.25) is 4.79 Å². The lowest BCUT2D eigenvalue weighted by Gasteiger charge is -2.23. The molecule has 2 heteroatoms. The molecule has 0 aromatic carbocycles. The zero-order valence-electron chi connectivity index (χ0n) is 6.51. The van der Waals surface area contributed by atoms with E-state index in [2.05, 4.69) is 0 Å². The number of rotatable bonds is 2. The zero-order chi connectivity index (χ0) is 7.68. The average molecular weight is 152 g/mol. The van der Waals surface area contributed by atoms with E-state index in [1.165, 1.54) is 6.42 Å². The van der Waals surface area contributed by atoms with Gasteiger partial charge in [-0.1, -0.05) is 6.42 Å². The number of ether oxygens (including phenoxy) is 1. The Labute approximate surface area is 66.2 Å². The predicted molar refractivity (Wildman–Crippen MR) is 41.0 cm³/mol. The molecule has 0 aromatic rings. The number of hydrogen-bond acceptors (Lipinski definition) is 2. The Morgan fingerprint density at radius 2 is 2.36 bits per heavy atom. The molecule has 0 saturated heterocycles. The van der Waals surface area contributed by atoms with E-state index in [0.29, 0.717) is 18.3 Å². The van der Waals surface area contributed by atoms with Gasteiger partial charge < -0.3 is 4.74 Å². The van der Waals surface area contributed by atoms with Crippen LogP contribution in [0.25, 0.3) is 0 Å². The van der Waals surface area contributed by atoms with Crippen LogP contribution in [0.15, 0.2) is 11.8 Å². The van der Waals surface area contributed by atoms with Gasteiger partial charge in [-0.25, -0.2) is 0 Å². The third kappa shape index (κ3) is 1.17. The van der Waals surface area contributed by atoms with E-state index in [-0.39, 0.29) is 0 Å². The first kappa shape index (κ1) is 6.89. The van der Waals surface area contributed by atoms with Crippen LogP contribution < -0.4 is 0 Å². The van der Waals surface area contributed by atoms with Gasteiger partial charge in [0.25, 0.3) is 0 Å². The first-order valence-corrected chi connectivity index (χ1v) is 4.23. The van der Waals surface area contributed by atoms with Crippen LogP contribution in [0.5, 0.6) is 0 Å². The second-order valence-corrected chi connectivity index (χ2v) is 3.26. The Morgan fingerprint density at radius 1 is 1.55 bits per heavy atom. The van der Waals surface area contributed by atoms with Crippen molar-refractivity contribution in [2.75, 3.05) is 6.61 Å². The smallest absolute Gasteiger partial charge is 0.165 e. The van der Waals surface area contributed by atoms with Crippen LogP contribution in [0.4, 0.5) is 0 Å². The summed E-state index contributed by atoms with van der Waals surface area (Å²) in [5.41, 5.74) is 0.912. The summed E-state index contributed by atoms with van der Waals surface area (Å²) in [6, 6.07) is 0. The minimum absolute atomic E-state index is 0.336. The third-order valence-electron chi connectivity index (χ3n) is 2.51. The van der Waals surface area contributed by atoms with Crippen LogP contribution in [-0.2, 0) is 9.53 Å². The first-order valence-electron chi connectivity index (χ1n) is 4.23. The summed E-state index contributed by atoms with van der Waals surface area (Å²) in [6.07, 6.45) is 5.88. The molecular weight excluding hydrogens is 140 g/mol. The van der Waals surface area contributed by atoms with E-state index in [1.807, 2.05) is 0 Å². The molecule has 0 atom stereocenters. The Balaban J connectivity index is 1.97. The highest BCUT2D eigenvalue weighted by Crippen LogP contribution is 2.31. The number of ketones is 1. The lowest BCUT2D eigenvalue weighted by Crippen LogP contribution is -2.22. The van der Waals surface area contributed by atoms with E-state index in [4.69, 9.17) is 4.74 Å². The van der Waals surface area contributed by atoms with Crippen molar-refractivity contribution < 1.29 is 9.53 Å². The minimum Gasteiger partial charge on any atom is -0.500 e. The SMILES string of the molecule is O=C(C1=COCC1)C1CCC1. The molecule has 1 fully saturated rings. The van der Waals surface area contributed by atoms with Gasteiger partial charge in [0.15, 0.2) is 5.78 Å². The van der Waals surface area contributed by atoms with Gasteiger partial charge in [0, 0.05) is 17.9 Å². The van der Waals surface area contributed by atoms with E-state index >= 15 is 0 Å². The molecule has 1 aliphatic carbocycles. The quantitative estimate of drug-likeness (QED) is 0.601. The molecule has 2 aliphatic rings. The van der Waals surface area contributed by atoms with Crippen LogP contribution in [0, 0.1) is 5.92 Å². The average Bonchev–Trinajstić information content (AvgIpc) is 2.32. The highest BCUT2D eigenvalue weighted by molar-refractivity contribution is 5.97. The van der Waals surface area contributed by atoms with Crippen LogP contribution in [0.2, 0.25) is 0 Å². The van der Waals surface area contributed by atoms with E-state index in [0.717, 1.165) is 24.8 Å². The topological polar surface area (TPSA) is 26.3 Å². The number of carbonyl (C=O) groups excluding carboxylic acids is 1. The Hall–Kier alpha value is -0.790. The molecule has 0 radical (unpaired) electrons. The summed E-state index contributed by atoms with van der Waals surface area (Å²) in [5.74, 6) is 0.678. The highest BCUT2D eigenvalue weighted by atomic mass is 16.5. The van der Waals surface area contributed by atoms with Gasteiger partial charge in [-0.2, -0.15) is 0 Å². The van der Waals surface area contributed by atoms with Crippen molar-refractivity contribution in [1.82, 2.24) is 0 Å². The maximum atomic E-state index is 11.5. The first-order chi connectivity index (χ1) is 5.38. The predicted octanol–water partition coefficient (Wildman–Crippen LogP) is 1.66. The maximum absolute atomic E-state index is 11.5. The maximum Gasteiger partial charge on any atom is 0.165 e. The number of Topliss-reactive ketones (excluding diaryl/α,β-unsaturated/α-hetero) is 1. The number of carbonyl (C=O) groups is 1. The molecule has 2 rings (SSSR count). The van der Waals surface area contributed by atoms with Crippen LogP contribution in [0.3, 0.4) is 0 Å². The minimum atomic E-state index is 0.336. The summed E-state index contributed by atoms with van der Waals surface area (Å²) in [5, 5.41) is 0. The molecule has 1 saturated carbocycles. The molecule has 2 nitrogen and oxygen atoms in total. The Kier molecular flexibility index (Phi) is 1.68. The van der Waals surface area contributed by atoms with Crippen molar-refractivity contribution in [3.05, 3.63) is 11.8 Å². The van der Waals surface area contributed by atoms with Crippen molar-refractivity contribution >= 4 is 5.78 Å². The van der Waals surface area contributed by atoms with Gasteiger partial charge in [0.05, 0.1) is 12.9 Å². The lowest BCUT2D eigenvalue weighted by atomic mass is 9.79. The van der Waals surface area contributed by atoms with Gasteiger partial charge in [0.2, 0.25) is 0 Å². The van der Waals surface area contributed by atoms with Gasteiger partial charge in [0.1, 0.15) is 0 Å². The standard InChI is InChI=1S/C9H12O2/c10-9(7-2-1-3-7)8-4-5-11-6-8/h6-7H,1-5H2. The summed E-state index contributed by atoms with van der Waals surface area (Å²) < 4.78 is 5.01. The van der Waals surface area contributed by atoms with E-state index in [1.54, 1.807) is 6.26 Å². The molecule has 1 aliphatic heterocycles. The van der Waals surface area contributed by atoms with Gasteiger partial charge in [-0.05, 0) is 12.8 Å². The van der Waals surface area contributed by atoms with Crippen molar-refractivity contribution in [3.8, 4) is 0 Å². The molecule has 0 amide bonds. The van der Waals surface area contributed by atoms with E-state index in [9.17, 15) is 4.79 Å². The monoisotopic (exact) mass is 152 g/mol. The molecule has 11 heavy (non-hydrogen) atoms. The zero-order valence-corrected chi connectivity index (χ0v) is 6.51. The summed E-state index contributed by atoms with van der Waals surface area (Å²) in [6.45, 7) is 0.702. The summed E-state index contributed by atoms with van der Waals surface area (Å²) in [7, 11) is 0. The summed E-state index contributed by atoms with van der Waals surface area (Å²) >= 11 is 0.